The first kappa shape index (κ1) is 17.1. The van der Waals surface area contributed by atoms with Crippen molar-refractivity contribution in [1.82, 2.24) is 10.6 Å². The standard InChI is InChI=1S/C14H26N2OS.ClH/c1-4-18-13(9(2)3)14(17)16-12-7-10-5-6-11(8-12)15-10;/h9-13,15H,4-8H2,1-3H3,(H,16,17);1H. The molecule has 112 valence electrons. The molecule has 3 nitrogen and oxygen atoms in total. The molecule has 2 aliphatic rings. The molecule has 0 aromatic rings. The number of halogens is 1. The normalized spacial score (nSPS) is 30.8. The average Bonchev–Trinajstić information content (AvgIpc) is 2.65. The highest BCUT2D eigenvalue weighted by atomic mass is 35.5. The van der Waals surface area contributed by atoms with Gasteiger partial charge in [0, 0.05) is 18.1 Å². The predicted molar refractivity (Wildman–Crippen MR) is 85.1 cm³/mol. The number of carbonyl (C=O) groups is 1. The van der Waals surface area contributed by atoms with Gasteiger partial charge in [0.2, 0.25) is 5.91 Å². The summed E-state index contributed by atoms with van der Waals surface area (Å²) in [7, 11) is 0. The van der Waals surface area contributed by atoms with Crippen molar-refractivity contribution in [2.45, 2.75) is 69.8 Å². The first-order valence-corrected chi connectivity index (χ1v) is 8.33. The predicted octanol–water partition coefficient (Wildman–Crippen LogP) is 2.59. The molecule has 19 heavy (non-hydrogen) atoms. The average molecular weight is 307 g/mol. The SMILES string of the molecule is CCSC(C(=O)NC1CC2CCC(C1)N2)C(C)C.Cl. The Kier molecular flexibility index (Phi) is 6.98. The van der Waals surface area contributed by atoms with E-state index in [9.17, 15) is 4.79 Å². The maximum atomic E-state index is 12.3. The molecule has 0 aromatic carbocycles. The van der Waals surface area contributed by atoms with Crippen LogP contribution >= 0.6 is 24.2 Å². The van der Waals surface area contributed by atoms with Crippen molar-refractivity contribution < 1.29 is 4.79 Å². The van der Waals surface area contributed by atoms with Gasteiger partial charge in [-0.15, -0.1) is 24.2 Å². The summed E-state index contributed by atoms with van der Waals surface area (Å²) in [6, 6.07) is 1.69. The quantitative estimate of drug-likeness (QED) is 0.820. The topological polar surface area (TPSA) is 41.1 Å². The van der Waals surface area contributed by atoms with Crippen LogP contribution in [0.15, 0.2) is 0 Å². The molecule has 1 amide bonds. The van der Waals surface area contributed by atoms with E-state index in [-0.39, 0.29) is 23.6 Å². The molecule has 2 heterocycles. The first-order chi connectivity index (χ1) is 8.60. The summed E-state index contributed by atoms with van der Waals surface area (Å²) in [5.41, 5.74) is 0. The highest BCUT2D eigenvalue weighted by molar-refractivity contribution is 8.00. The van der Waals surface area contributed by atoms with Gasteiger partial charge in [0.1, 0.15) is 0 Å². The molecule has 0 aliphatic carbocycles. The molecular formula is C14H27ClN2OS. The number of thioether (sulfide) groups is 1. The van der Waals surface area contributed by atoms with E-state index >= 15 is 0 Å². The van der Waals surface area contributed by atoms with E-state index < -0.39 is 0 Å². The van der Waals surface area contributed by atoms with Crippen LogP contribution in [-0.2, 0) is 4.79 Å². The Morgan fingerprint density at radius 2 is 1.89 bits per heavy atom. The monoisotopic (exact) mass is 306 g/mol. The zero-order valence-corrected chi connectivity index (χ0v) is 13.8. The maximum Gasteiger partial charge on any atom is 0.233 e. The van der Waals surface area contributed by atoms with E-state index in [1.165, 1.54) is 12.8 Å². The lowest BCUT2D eigenvalue weighted by molar-refractivity contribution is -0.122. The van der Waals surface area contributed by atoms with Crippen molar-refractivity contribution in [2.75, 3.05) is 5.75 Å². The summed E-state index contributed by atoms with van der Waals surface area (Å²) >= 11 is 1.77. The molecule has 3 unspecified atom stereocenters. The van der Waals surface area contributed by atoms with Gasteiger partial charge in [-0.05, 0) is 37.4 Å². The second-order valence-corrected chi connectivity index (χ2v) is 7.35. The van der Waals surface area contributed by atoms with Crippen LogP contribution in [0.5, 0.6) is 0 Å². The zero-order valence-electron chi connectivity index (χ0n) is 12.1. The van der Waals surface area contributed by atoms with Crippen LogP contribution in [0.1, 0.15) is 46.5 Å². The van der Waals surface area contributed by atoms with Crippen LogP contribution in [0.3, 0.4) is 0 Å². The van der Waals surface area contributed by atoms with Crippen LogP contribution in [-0.4, -0.2) is 35.0 Å². The van der Waals surface area contributed by atoms with Gasteiger partial charge in [-0.25, -0.2) is 0 Å². The Balaban J connectivity index is 0.00000180. The summed E-state index contributed by atoms with van der Waals surface area (Å²) in [6.07, 6.45) is 4.80. The molecular weight excluding hydrogens is 280 g/mol. The summed E-state index contributed by atoms with van der Waals surface area (Å²) in [6.45, 7) is 6.40. The van der Waals surface area contributed by atoms with E-state index in [1.54, 1.807) is 11.8 Å². The number of amides is 1. The number of piperidine rings is 1. The van der Waals surface area contributed by atoms with Gasteiger partial charge < -0.3 is 10.6 Å². The number of fused-ring (bicyclic) bond motifs is 2. The van der Waals surface area contributed by atoms with Gasteiger partial charge in [-0.1, -0.05) is 20.8 Å². The van der Waals surface area contributed by atoms with Crippen LogP contribution in [0.25, 0.3) is 0 Å². The molecule has 2 rings (SSSR count). The highest BCUT2D eigenvalue weighted by Gasteiger charge is 2.35. The first-order valence-electron chi connectivity index (χ1n) is 7.28. The lowest BCUT2D eigenvalue weighted by Crippen LogP contribution is -2.50. The minimum Gasteiger partial charge on any atom is -0.352 e. The van der Waals surface area contributed by atoms with Crippen molar-refractivity contribution >= 4 is 30.1 Å². The minimum atomic E-state index is 0. The molecule has 0 radical (unpaired) electrons. The molecule has 2 N–H and O–H groups in total. The second-order valence-electron chi connectivity index (χ2n) is 5.93. The fourth-order valence-electron chi connectivity index (χ4n) is 3.21. The second kappa shape index (κ2) is 7.75. The highest BCUT2D eigenvalue weighted by Crippen LogP contribution is 2.27. The lowest BCUT2D eigenvalue weighted by atomic mass is 9.99. The van der Waals surface area contributed by atoms with Crippen molar-refractivity contribution in [3.63, 3.8) is 0 Å². The fourth-order valence-corrected chi connectivity index (χ4v) is 4.17. The molecule has 2 saturated heterocycles. The smallest absolute Gasteiger partial charge is 0.233 e. The Hall–Kier alpha value is 0.0700. The number of hydrogen-bond acceptors (Lipinski definition) is 3. The molecule has 2 bridgehead atoms. The molecule has 0 saturated carbocycles. The summed E-state index contributed by atoms with van der Waals surface area (Å²) in [4.78, 5) is 12.3. The van der Waals surface area contributed by atoms with E-state index in [4.69, 9.17) is 0 Å². The van der Waals surface area contributed by atoms with E-state index in [0.717, 1.165) is 18.6 Å². The summed E-state index contributed by atoms with van der Waals surface area (Å²) in [5, 5.41) is 7.01. The Bertz CT molecular complexity index is 289. The van der Waals surface area contributed by atoms with Crippen molar-refractivity contribution in [2.24, 2.45) is 5.92 Å². The Labute approximate surface area is 127 Å². The third-order valence-corrected chi connectivity index (χ3v) is 5.48. The van der Waals surface area contributed by atoms with Gasteiger partial charge in [-0.2, -0.15) is 0 Å². The van der Waals surface area contributed by atoms with E-state index in [1.807, 2.05) is 0 Å². The summed E-state index contributed by atoms with van der Waals surface area (Å²) < 4.78 is 0. The molecule has 3 atom stereocenters. The van der Waals surface area contributed by atoms with Crippen molar-refractivity contribution in [3.05, 3.63) is 0 Å². The van der Waals surface area contributed by atoms with Gasteiger partial charge >= 0.3 is 0 Å². The number of nitrogens with one attached hydrogen (secondary N) is 2. The molecule has 0 aromatic heterocycles. The van der Waals surface area contributed by atoms with Gasteiger partial charge in [-0.3, -0.25) is 4.79 Å². The van der Waals surface area contributed by atoms with Gasteiger partial charge in [0.25, 0.3) is 0 Å². The zero-order chi connectivity index (χ0) is 13.1. The molecule has 5 heteroatoms. The third kappa shape index (κ3) is 4.54. The number of carbonyl (C=O) groups excluding carboxylic acids is 1. The lowest BCUT2D eigenvalue weighted by Gasteiger charge is -2.31. The van der Waals surface area contributed by atoms with Crippen molar-refractivity contribution in [1.29, 1.82) is 0 Å². The maximum absolute atomic E-state index is 12.3. The Morgan fingerprint density at radius 3 is 2.37 bits per heavy atom. The van der Waals surface area contributed by atoms with E-state index in [2.05, 4.69) is 31.4 Å². The minimum absolute atomic E-state index is 0. The molecule has 2 fully saturated rings. The van der Waals surface area contributed by atoms with Crippen molar-refractivity contribution in [3.8, 4) is 0 Å². The van der Waals surface area contributed by atoms with Gasteiger partial charge in [0.15, 0.2) is 0 Å². The molecule has 2 aliphatic heterocycles. The summed E-state index contributed by atoms with van der Waals surface area (Å²) in [5.74, 6) is 1.67. The van der Waals surface area contributed by atoms with Gasteiger partial charge in [0.05, 0.1) is 5.25 Å². The number of hydrogen-bond donors (Lipinski definition) is 2. The number of rotatable bonds is 5. The largest absolute Gasteiger partial charge is 0.352 e. The van der Waals surface area contributed by atoms with Crippen LogP contribution in [0.2, 0.25) is 0 Å². The molecule has 0 spiro atoms. The van der Waals surface area contributed by atoms with E-state index in [0.29, 0.717) is 24.0 Å². The van der Waals surface area contributed by atoms with Crippen LogP contribution in [0.4, 0.5) is 0 Å². The van der Waals surface area contributed by atoms with Crippen LogP contribution < -0.4 is 10.6 Å². The third-order valence-electron chi connectivity index (χ3n) is 4.03. The fraction of sp³-hybridized carbons (Fsp3) is 0.929. The van der Waals surface area contributed by atoms with Crippen LogP contribution in [0, 0.1) is 5.92 Å². The Morgan fingerprint density at radius 1 is 1.32 bits per heavy atom.